The molecule has 0 unspecified atom stereocenters. The lowest BCUT2D eigenvalue weighted by molar-refractivity contribution is 0.112. The summed E-state index contributed by atoms with van der Waals surface area (Å²) in [5.41, 5.74) is 0.353. The van der Waals surface area contributed by atoms with Crippen molar-refractivity contribution in [1.29, 1.82) is 0 Å². The van der Waals surface area contributed by atoms with Crippen molar-refractivity contribution in [2.75, 3.05) is 39.9 Å². The highest BCUT2D eigenvalue weighted by molar-refractivity contribution is 4.88. The van der Waals surface area contributed by atoms with E-state index in [1.807, 2.05) is 0 Å². The Morgan fingerprint density at radius 1 is 1.35 bits per heavy atom. The van der Waals surface area contributed by atoms with Crippen LogP contribution in [0.3, 0.4) is 0 Å². The molecule has 0 radical (unpaired) electrons. The highest BCUT2D eigenvalue weighted by Crippen LogP contribution is 2.29. The number of rotatable bonds is 10. The van der Waals surface area contributed by atoms with Crippen molar-refractivity contribution in [2.24, 2.45) is 5.41 Å². The van der Waals surface area contributed by atoms with Gasteiger partial charge in [0.1, 0.15) is 0 Å². The first kappa shape index (κ1) is 14.9. The zero-order valence-corrected chi connectivity index (χ0v) is 12.1. The average molecular weight is 242 g/mol. The average Bonchev–Trinajstić information content (AvgIpc) is 3.08. The van der Waals surface area contributed by atoms with E-state index in [4.69, 9.17) is 4.74 Å². The lowest BCUT2D eigenvalue weighted by Gasteiger charge is -2.33. The van der Waals surface area contributed by atoms with Crippen LogP contribution >= 0.6 is 0 Å². The molecular weight excluding hydrogens is 212 g/mol. The molecule has 1 aliphatic carbocycles. The minimum absolute atomic E-state index is 0.353. The van der Waals surface area contributed by atoms with Gasteiger partial charge in [-0.15, -0.1) is 0 Å². The zero-order valence-electron chi connectivity index (χ0n) is 12.1. The summed E-state index contributed by atoms with van der Waals surface area (Å²) < 4.78 is 5.21. The molecule has 0 bridgehead atoms. The van der Waals surface area contributed by atoms with Gasteiger partial charge in [-0.3, -0.25) is 4.90 Å². The van der Waals surface area contributed by atoms with Gasteiger partial charge in [0.05, 0.1) is 6.61 Å². The molecule has 1 rings (SSSR count). The van der Waals surface area contributed by atoms with Gasteiger partial charge in [-0.1, -0.05) is 20.8 Å². The topological polar surface area (TPSA) is 24.5 Å². The Morgan fingerprint density at radius 2 is 2.06 bits per heavy atom. The van der Waals surface area contributed by atoms with Gasteiger partial charge >= 0.3 is 0 Å². The molecule has 0 heterocycles. The van der Waals surface area contributed by atoms with Crippen LogP contribution in [0.1, 0.15) is 40.0 Å². The molecule has 0 aliphatic heterocycles. The molecule has 1 fully saturated rings. The normalized spacial score (nSPS) is 16.8. The third kappa shape index (κ3) is 6.39. The number of nitrogens with zero attached hydrogens (tertiary/aromatic N) is 1. The summed E-state index contributed by atoms with van der Waals surface area (Å²) in [6.45, 7) is 12.3. The number of hydrogen-bond donors (Lipinski definition) is 1. The number of methoxy groups -OCH3 is 1. The van der Waals surface area contributed by atoms with Gasteiger partial charge in [-0.25, -0.2) is 0 Å². The van der Waals surface area contributed by atoms with E-state index >= 15 is 0 Å². The second kappa shape index (κ2) is 7.34. The van der Waals surface area contributed by atoms with Crippen molar-refractivity contribution in [3.05, 3.63) is 0 Å². The summed E-state index contributed by atoms with van der Waals surface area (Å²) in [4.78, 5) is 2.61. The van der Waals surface area contributed by atoms with Gasteiger partial charge in [0.2, 0.25) is 0 Å². The number of hydrogen-bond acceptors (Lipinski definition) is 3. The Labute approximate surface area is 107 Å². The molecule has 1 saturated carbocycles. The van der Waals surface area contributed by atoms with Crippen LogP contribution in [-0.4, -0.2) is 50.8 Å². The maximum atomic E-state index is 5.21. The van der Waals surface area contributed by atoms with Crippen LogP contribution in [-0.2, 0) is 4.74 Å². The van der Waals surface area contributed by atoms with E-state index in [0.717, 1.165) is 32.3 Å². The van der Waals surface area contributed by atoms with E-state index in [-0.39, 0.29) is 0 Å². The fourth-order valence-corrected chi connectivity index (χ4v) is 2.25. The summed E-state index contributed by atoms with van der Waals surface area (Å²) >= 11 is 0. The highest BCUT2D eigenvalue weighted by atomic mass is 16.5. The molecule has 0 atom stereocenters. The van der Waals surface area contributed by atoms with Crippen LogP contribution in [0.2, 0.25) is 0 Å². The van der Waals surface area contributed by atoms with Crippen molar-refractivity contribution in [1.82, 2.24) is 10.2 Å². The van der Waals surface area contributed by atoms with E-state index in [9.17, 15) is 0 Å². The maximum absolute atomic E-state index is 5.21. The Kier molecular flexibility index (Phi) is 6.45. The summed E-state index contributed by atoms with van der Waals surface area (Å²) in [6, 6.07) is 0.829. The number of nitrogens with one attached hydrogen (secondary N) is 1. The summed E-state index contributed by atoms with van der Waals surface area (Å²) in [6.07, 6.45) is 3.97. The zero-order chi connectivity index (χ0) is 12.7. The van der Waals surface area contributed by atoms with Crippen molar-refractivity contribution in [2.45, 2.75) is 46.1 Å². The minimum Gasteiger partial charge on any atom is -0.383 e. The molecule has 0 aromatic rings. The van der Waals surface area contributed by atoms with Crippen molar-refractivity contribution < 1.29 is 4.74 Å². The van der Waals surface area contributed by atoms with E-state index in [1.54, 1.807) is 7.11 Å². The molecule has 3 nitrogen and oxygen atoms in total. The smallest absolute Gasteiger partial charge is 0.0589 e. The lowest BCUT2D eigenvalue weighted by Crippen LogP contribution is -2.42. The molecule has 3 heteroatoms. The molecule has 0 spiro atoms. The minimum atomic E-state index is 0.353. The Hall–Kier alpha value is -0.120. The van der Waals surface area contributed by atoms with E-state index in [2.05, 4.69) is 31.0 Å². The summed E-state index contributed by atoms with van der Waals surface area (Å²) in [5, 5.41) is 3.54. The fraction of sp³-hybridized carbons (Fsp3) is 1.00. The Balaban J connectivity index is 2.30. The van der Waals surface area contributed by atoms with Crippen molar-refractivity contribution in [3.8, 4) is 0 Å². The van der Waals surface area contributed by atoms with Crippen LogP contribution in [0, 0.1) is 5.41 Å². The predicted octanol–water partition coefficient (Wildman–Crippen LogP) is 2.12. The van der Waals surface area contributed by atoms with Crippen molar-refractivity contribution >= 4 is 0 Å². The molecule has 102 valence electrons. The van der Waals surface area contributed by atoms with Gasteiger partial charge in [0.15, 0.2) is 0 Å². The van der Waals surface area contributed by atoms with Gasteiger partial charge in [-0.05, 0) is 31.2 Å². The van der Waals surface area contributed by atoms with E-state index in [1.165, 1.54) is 25.8 Å². The second-order valence-electron chi connectivity index (χ2n) is 6.04. The Morgan fingerprint density at radius 3 is 2.59 bits per heavy atom. The second-order valence-corrected chi connectivity index (χ2v) is 6.04. The first-order valence-electron chi connectivity index (χ1n) is 7.03. The van der Waals surface area contributed by atoms with Gasteiger partial charge < -0.3 is 10.1 Å². The summed E-state index contributed by atoms with van der Waals surface area (Å²) in [7, 11) is 1.79. The predicted molar refractivity (Wildman–Crippen MR) is 73.4 cm³/mol. The monoisotopic (exact) mass is 242 g/mol. The number of ether oxygens (including phenoxy) is 1. The standard InChI is InChI=1S/C14H30N2O/c1-5-8-15-11-14(2,3)12-16(9-10-17-4)13-6-7-13/h13,15H,5-12H2,1-4H3. The third-order valence-electron chi connectivity index (χ3n) is 3.31. The van der Waals surface area contributed by atoms with E-state index in [0.29, 0.717) is 5.41 Å². The van der Waals surface area contributed by atoms with Crippen LogP contribution in [0.5, 0.6) is 0 Å². The highest BCUT2D eigenvalue weighted by Gasteiger charge is 2.32. The van der Waals surface area contributed by atoms with Gasteiger partial charge in [0, 0.05) is 32.8 Å². The van der Waals surface area contributed by atoms with Crippen LogP contribution in [0.4, 0.5) is 0 Å². The van der Waals surface area contributed by atoms with Crippen LogP contribution in [0.15, 0.2) is 0 Å². The largest absolute Gasteiger partial charge is 0.383 e. The first-order valence-corrected chi connectivity index (χ1v) is 7.03. The van der Waals surface area contributed by atoms with Gasteiger partial charge in [-0.2, -0.15) is 0 Å². The van der Waals surface area contributed by atoms with E-state index < -0.39 is 0 Å². The fourth-order valence-electron chi connectivity index (χ4n) is 2.25. The molecule has 1 aliphatic rings. The molecular formula is C14H30N2O. The molecule has 1 N–H and O–H groups in total. The quantitative estimate of drug-likeness (QED) is 0.594. The van der Waals surface area contributed by atoms with Crippen LogP contribution < -0.4 is 5.32 Å². The molecule has 0 amide bonds. The van der Waals surface area contributed by atoms with Crippen molar-refractivity contribution in [3.63, 3.8) is 0 Å². The van der Waals surface area contributed by atoms with Gasteiger partial charge in [0.25, 0.3) is 0 Å². The third-order valence-corrected chi connectivity index (χ3v) is 3.31. The molecule has 0 aromatic carbocycles. The first-order chi connectivity index (χ1) is 8.09. The molecule has 17 heavy (non-hydrogen) atoms. The molecule has 0 aromatic heterocycles. The van der Waals surface area contributed by atoms with Crippen LogP contribution in [0.25, 0.3) is 0 Å². The summed E-state index contributed by atoms with van der Waals surface area (Å²) in [5.74, 6) is 0. The maximum Gasteiger partial charge on any atom is 0.0589 e. The molecule has 0 saturated heterocycles. The lowest BCUT2D eigenvalue weighted by atomic mass is 9.92. The Bertz CT molecular complexity index is 202. The SMILES string of the molecule is CCCNCC(C)(C)CN(CCOC)C1CC1.